The van der Waals surface area contributed by atoms with Crippen molar-refractivity contribution >= 4 is 22.4 Å². The highest BCUT2D eigenvalue weighted by Crippen LogP contribution is 2.27. The van der Waals surface area contributed by atoms with E-state index in [0.717, 1.165) is 17.7 Å². The van der Waals surface area contributed by atoms with Gasteiger partial charge in [0, 0.05) is 24.0 Å². The lowest BCUT2D eigenvalue weighted by atomic mass is 10.3. The Bertz CT molecular complexity index is 431. The number of anilines is 1. The molecule has 2 rings (SSSR count). The second-order valence-electron chi connectivity index (χ2n) is 4.88. The van der Waals surface area contributed by atoms with Crippen LogP contribution in [0.2, 0.25) is 0 Å². The molecule has 1 saturated carbocycles. The van der Waals surface area contributed by atoms with Gasteiger partial charge in [-0.25, -0.2) is 9.78 Å². The molecule has 1 atom stereocenters. The van der Waals surface area contributed by atoms with Gasteiger partial charge in [0.25, 0.3) is 0 Å². The summed E-state index contributed by atoms with van der Waals surface area (Å²) in [6.07, 6.45) is 2.62. The SMILES string of the molecule is CCOC(=O)c1csc(NCC(C)N(C)C2CC2)n1. The highest BCUT2D eigenvalue weighted by molar-refractivity contribution is 7.13. The maximum atomic E-state index is 11.5. The van der Waals surface area contributed by atoms with Crippen molar-refractivity contribution in [1.82, 2.24) is 9.88 Å². The zero-order valence-electron chi connectivity index (χ0n) is 11.7. The lowest BCUT2D eigenvalue weighted by Crippen LogP contribution is -2.36. The first kappa shape index (κ1) is 14.3. The second kappa shape index (κ2) is 6.34. The summed E-state index contributed by atoms with van der Waals surface area (Å²) in [6.45, 7) is 5.20. The molecule has 106 valence electrons. The van der Waals surface area contributed by atoms with Crippen LogP contribution in [0.4, 0.5) is 5.13 Å². The predicted octanol–water partition coefficient (Wildman–Crippen LogP) is 2.21. The molecule has 1 fully saturated rings. The summed E-state index contributed by atoms with van der Waals surface area (Å²) in [5.41, 5.74) is 0.387. The number of likely N-dealkylation sites (N-methyl/N-ethyl adjacent to an activating group) is 1. The van der Waals surface area contributed by atoms with E-state index in [2.05, 4.69) is 29.2 Å². The number of nitrogens with one attached hydrogen (secondary N) is 1. The van der Waals surface area contributed by atoms with Crippen LogP contribution in [-0.4, -0.2) is 48.1 Å². The van der Waals surface area contributed by atoms with Crippen LogP contribution in [0.15, 0.2) is 5.38 Å². The van der Waals surface area contributed by atoms with Gasteiger partial charge in [0.15, 0.2) is 10.8 Å². The molecule has 1 aliphatic carbocycles. The molecular formula is C13H21N3O2S. The van der Waals surface area contributed by atoms with Gasteiger partial charge in [0.05, 0.1) is 6.61 Å². The van der Waals surface area contributed by atoms with Crippen molar-refractivity contribution in [2.45, 2.75) is 38.8 Å². The summed E-state index contributed by atoms with van der Waals surface area (Å²) >= 11 is 1.44. The minimum Gasteiger partial charge on any atom is -0.461 e. The van der Waals surface area contributed by atoms with Gasteiger partial charge in [-0.2, -0.15) is 0 Å². The van der Waals surface area contributed by atoms with Gasteiger partial charge in [-0.3, -0.25) is 4.90 Å². The van der Waals surface area contributed by atoms with Crippen LogP contribution in [0.25, 0.3) is 0 Å². The minimum atomic E-state index is -0.352. The highest BCUT2D eigenvalue weighted by atomic mass is 32.1. The summed E-state index contributed by atoms with van der Waals surface area (Å²) < 4.78 is 4.91. The van der Waals surface area contributed by atoms with Crippen LogP contribution in [0.1, 0.15) is 37.2 Å². The predicted molar refractivity (Wildman–Crippen MR) is 76.8 cm³/mol. The Hall–Kier alpha value is -1.14. The Morgan fingerprint density at radius 2 is 2.42 bits per heavy atom. The number of hydrogen-bond acceptors (Lipinski definition) is 6. The molecule has 0 aliphatic heterocycles. The van der Waals surface area contributed by atoms with Gasteiger partial charge in [-0.05, 0) is 33.7 Å². The van der Waals surface area contributed by atoms with Crippen LogP contribution < -0.4 is 5.32 Å². The molecule has 1 heterocycles. The van der Waals surface area contributed by atoms with Gasteiger partial charge in [-0.15, -0.1) is 11.3 Å². The van der Waals surface area contributed by atoms with Crippen LogP contribution in [0.5, 0.6) is 0 Å². The summed E-state index contributed by atoms with van der Waals surface area (Å²) in [7, 11) is 2.16. The Morgan fingerprint density at radius 3 is 3.05 bits per heavy atom. The highest BCUT2D eigenvalue weighted by Gasteiger charge is 2.28. The Morgan fingerprint density at radius 1 is 1.68 bits per heavy atom. The molecule has 6 heteroatoms. The van der Waals surface area contributed by atoms with E-state index in [4.69, 9.17) is 4.74 Å². The average Bonchev–Trinajstić information content (AvgIpc) is 3.14. The lowest BCUT2D eigenvalue weighted by Gasteiger charge is -2.24. The maximum absolute atomic E-state index is 11.5. The Labute approximate surface area is 118 Å². The molecular weight excluding hydrogens is 262 g/mol. The van der Waals surface area contributed by atoms with Gasteiger partial charge in [0.2, 0.25) is 0 Å². The Kier molecular flexibility index (Phi) is 4.76. The minimum absolute atomic E-state index is 0.352. The molecule has 1 unspecified atom stereocenters. The molecule has 5 nitrogen and oxygen atoms in total. The molecule has 1 aliphatic rings. The van der Waals surface area contributed by atoms with E-state index in [1.54, 1.807) is 12.3 Å². The number of carbonyl (C=O) groups is 1. The third kappa shape index (κ3) is 3.91. The largest absolute Gasteiger partial charge is 0.461 e. The second-order valence-corrected chi connectivity index (χ2v) is 5.74. The lowest BCUT2D eigenvalue weighted by molar-refractivity contribution is 0.0520. The number of esters is 1. The van der Waals surface area contributed by atoms with Gasteiger partial charge >= 0.3 is 5.97 Å². The van der Waals surface area contributed by atoms with E-state index in [1.165, 1.54) is 24.2 Å². The fraction of sp³-hybridized carbons (Fsp3) is 0.692. The normalized spacial score (nSPS) is 16.4. The molecule has 0 amide bonds. The van der Waals surface area contributed by atoms with Crippen LogP contribution in [0.3, 0.4) is 0 Å². The van der Waals surface area contributed by atoms with Crippen molar-refractivity contribution in [1.29, 1.82) is 0 Å². The number of nitrogens with zero attached hydrogens (tertiary/aromatic N) is 2. The van der Waals surface area contributed by atoms with Crippen molar-refractivity contribution in [3.05, 3.63) is 11.1 Å². The number of aromatic nitrogens is 1. The van der Waals surface area contributed by atoms with E-state index in [0.29, 0.717) is 18.3 Å². The van der Waals surface area contributed by atoms with Crippen molar-refractivity contribution in [2.75, 3.05) is 25.5 Å². The number of thiazole rings is 1. The Balaban J connectivity index is 1.81. The first-order valence-corrected chi connectivity index (χ1v) is 7.58. The first-order chi connectivity index (χ1) is 9.11. The molecule has 1 aromatic heterocycles. The molecule has 0 spiro atoms. The molecule has 19 heavy (non-hydrogen) atoms. The standard InChI is InChI=1S/C13H21N3O2S/c1-4-18-12(17)11-8-19-13(15-11)14-7-9(2)16(3)10-5-6-10/h8-10H,4-7H2,1-3H3,(H,14,15). The fourth-order valence-electron chi connectivity index (χ4n) is 1.87. The summed E-state index contributed by atoms with van der Waals surface area (Å²) in [5, 5.41) is 5.79. The quantitative estimate of drug-likeness (QED) is 0.778. The molecule has 0 radical (unpaired) electrons. The van der Waals surface area contributed by atoms with Crippen molar-refractivity contribution in [2.24, 2.45) is 0 Å². The van der Waals surface area contributed by atoms with E-state index < -0.39 is 0 Å². The van der Waals surface area contributed by atoms with Gasteiger partial charge in [-0.1, -0.05) is 0 Å². The smallest absolute Gasteiger partial charge is 0.357 e. The number of ether oxygens (including phenoxy) is 1. The summed E-state index contributed by atoms with van der Waals surface area (Å²) in [6, 6.07) is 1.21. The van der Waals surface area contributed by atoms with Crippen LogP contribution >= 0.6 is 11.3 Å². The van der Waals surface area contributed by atoms with Crippen LogP contribution in [0, 0.1) is 0 Å². The van der Waals surface area contributed by atoms with Crippen molar-refractivity contribution in [3.63, 3.8) is 0 Å². The van der Waals surface area contributed by atoms with E-state index in [9.17, 15) is 4.79 Å². The fourth-order valence-corrected chi connectivity index (χ4v) is 2.56. The molecule has 1 N–H and O–H groups in total. The van der Waals surface area contributed by atoms with Crippen molar-refractivity contribution < 1.29 is 9.53 Å². The maximum Gasteiger partial charge on any atom is 0.357 e. The third-order valence-electron chi connectivity index (χ3n) is 3.36. The van der Waals surface area contributed by atoms with E-state index in [-0.39, 0.29) is 5.97 Å². The van der Waals surface area contributed by atoms with E-state index >= 15 is 0 Å². The number of carbonyl (C=O) groups excluding carboxylic acids is 1. The monoisotopic (exact) mass is 283 g/mol. The van der Waals surface area contributed by atoms with Crippen molar-refractivity contribution in [3.8, 4) is 0 Å². The molecule has 0 saturated heterocycles. The molecule has 1 aromatic rings. The number of rotatable bonds is 7. The number of hydrogen-bond donors (Lipinski definition) is 1. The zero-order valence-corrected chi connectivity index (χ0v) is 12.5. The van der Waals surface area contributed by atoms with Gasteiger partial charge in [0.1, 0.15) is 0 Å². The van der Waals surface area contributed by atoms with E-state index in [1.807, 2.05) is 0 Å². The molecule has 0 aromatic carbocycles. The summed E-state index contributed by atoms with van der Waals surface area (Å²) in [5.74, 6) is -0.352. The molecule has 0 bridgehead atoms. The first-order valence-electron chi connectivity index (χ1n) is 6.70. The average molecular weight is 283 g/mol. The third-order valence-corrected chi connectivity index (χ3v) is 4.16. The zero-order chi connectivity index (χ0) is 13.8. The topological polar surface area (TPSA) is 54.5 Å². The van der Waals surface area contributed by atoms with Crippen LogP contribution in [-0.2, 0) is 4.74 Å². The summed E-state index contributed by atoms with van der Waals surface area (Å²) in [4.78, 5) is 18.1. The van der Waals surface area contributed by atoms with Gasteiger partial charge < -0.3 is 10.1 Å².